The standard InChI is InChI=1S/C27H28N5O3.HI/c1-32(2)15-14-20-16-21-25(35-17-34-21)26(33-3)22(20)24(32)27-28-29-30-31(27)23(18-10-6-4-7-11-18)19-12-8-5-9-13-19;/h4-13,16,23-24H,14-15,17H2,1-3H3;1H/q+1;/p-1. The molecule has 1 atom stereocenters. The second-order valence-electron chi connectivity index (χ2n) is 9.58. The number of fused-ring (bicyclic) bond motifs is 2. The number of benzene rings is 3. The van der Waals surface area contributed by atoms with E-state index in [0.29, 0.717) is 16.0 Å². The van der Waals surface area contributed by atoms with Crippen LogP contribution in [0.1, 0.15) is 40.2 Å². The van der Waals surface area contributed by atoms with E-state index in [-0.39, 0.29) is 42.9 Å². The Bertz CT molecular complexity index is 1320. The van der Waals surface area contributed by atoms with Gasteiger partial charge in [0.05, 0.1) is 33.3 Å². The maximum absolute atomic E-state index is 5.95. The van der Waals surface area contributed by atoms with E-state index in [1.807, 2.05) is 16.8 Å². The lowest BCUT2D eigenvalue weighted by Crippen LogP contribution is -3.00. The molecule has 0 amide bonds. The minimum Gasteiger partial charge on any atom is -1.00 e. The zero-order valence-electron chi connectivity index (χ0n) is 20.5. The van der Waals surface area contributed by atoms with Gasteiger partial charge in [-0.3, -0.25) is 0 Å². The van der Waals surface area contributed by atoms with Crippen molar-refractivity contribution >= 4 is 0 Å². The molecule has 0 bridgehead atoms. The first-order valence-corrected chi connectivity index (χ1v) is 11.8. The highest BCUT2D eigenvalue weighted by molar-refractivity contribution is 5.62. The predicted octanol–water partition coefficient (Wildman–Crippen LogP) is 0.774. The van der Waals surface area contributed by atoms with Gasteiger partial charge in [-0.2, -0.15) is 0 Å². The third-order valence-electron chi connectivity index (χ3n) is 7.12. The molecule has 0 N–H and O–H groups in total. The van der Waals surface area contributed by atoms with Crippen LogP contribution in [0, 0.1) is 0 Å². The van der Waals surface area contributed by atoms with Gasteiger partial charge in [-0.05, 0) is 33.2 Å². The zero-order valence-corrected chi connectivity index (χ0v) is 22.6. The molecule has 1 aromatic heterocycles. The quantitative estimate of drug-likeness (QED) is 0.250. The Morgan fingerprint density at radius 3 is 2.31 bits per heavy atom. The number of quaternary nitrogens is 1. The molecule has 186 valence electrons. The molecular formula is C27H28IN5O3. The first-order chi connectivity index (χ1) is 17.1. The summed E-state index contributed by atoms with van der Waals surface area (Å²) in [5.41, 5.74) is 4.47. The SMILES string of the molecule is COc1c2c(cc3c1C(c1nnnn1C(c1ccccc1)c1ccccc1)[N+](C)(C)CC3)OCO2.[I-]. The Kier molecular flexibility index (Phi) is 6.60. The lowest BCUT2D eigenvalue weighted by atomic mass is 9.88. The third-order valence-corrected chi connectivity index (χ3v) is 7.12. The second kappa shape index (κ2) is 9.70. The summed E-state index contributed by atoms with van der Waals surface area (Å²) >= 11 is 0. The number of ether oxygens (including phenoxy) is 3. The summed E-state index contributed by atoms with van der Waals surface area (Å²) in [6, 6.07) is 22.5. The maximum Gasteiger partial charge on any atom is 0.231 e. The monoisotopic (exact) mass is 597 g/mol. The summed E-state index contributed by atoms with van der Waals surface area (Å²) in [6.07, 6.45) is 0.897. The van der Waals surface area contributed by atoms with Crippen molar-refractivity contribution < 1.29 is 42.7 Å². The predicted molar refractivity (Wildman–Crippen MR) is 130 cm³/mol. The molecule has 36 heavy (non-hydrogen) atoms. The highest BCUT2D eigenvalue weighted by Crippen LogP contribution is 2.52. The average molecular weight is 597 g/mol. The summed E-state index contributed by atoms with van der Waals surface area (Å²) in [5.74, 6) is 2.87. The van der Waals surface area contributed by atoms with Crippen molar-refractivity contribution in [3.8, 4) is 17.2 Å². The fourth-order valence-corrected chi connectivity index (χ4v) is 5.43. The van der Waals surface area contributed by atoms with Crippen molar-refractivity contribution in [1.29, 1.82) is 0 Å². The number of hydrogen-bond donors (Lipinski definition) is 0. The fraction of sp³-hybridized carbons (Fsp3) is 0.296. The minimum atomic E-state index is -0.173. The highest BCUT2D eigenvalue weighted by atomic mass is 127. The van der Waals surface area contributed by atoms with Gasteiger partial charge in [-0.15, -0.1) is 5.10 Å². The van der Waals surface area contributed by atoms with Gasteiger partial charge in [-0.25, -0.2) is 4.68 Å². The number of likely N-dealkylation sites (N-methyl/N-ethyl adjacent to an activating group) is 1. The van der Waals surface area contributed by atoms with Crippen LogP contribution in [0.3, 0.4) is 0 Å². The van der Waals surface area contributed by atoms with Crippen molar-refractivity contribution in [3.05, 3.63) is 94.8 Å². The molecule has 0 fully saturated rings. The molecule has 8 nitrogen and oxygen atoms in total. The number of nitrogens with zero attached hydrogens (tertiary/aromatic N) is 5. The van der Waals surface area contributed by atoms with E-state index in [9.17, 15) is 0 Å². The Labute approximate surface area is 227 Å². The van der Waals surface area contributed by atoms with Gasteiger partial charge in [0.1, 0.15) is 6.04 Å². The fourth-order valence-electron chi connectivity index (χ4n) is 5.43. The second-order valence-corrected chi connectivity index (χ2v) is 9.58. The summed E-state index contributed by atoms with van der Waals surface area (Å²) in [6.45, 7) is 1.12. The van der Waals surface area contributed by atoms with E-state index in [4.69, 9.17) is 14.2 Å². The van der Waals surface area contributed by atoms with E-state index in [2.05, 4.69) is 84.2 Å². The molecule has 6 rings (SSSR count). The van der Waals surface area contributed by atoms with E-state index in [1.54, 1.807) is 7.11 Å². The molecule has 4 aromatic rings. The van der Waals surface area contributed by atoms with Gasteiger partial charge < -0.3 is 42.7 Å². The van der Waals surface area contributed by atoms with Gasteiger partial charge in [0, 0.05) is 6.42 Å². The number of hydrogen-bond acceptors (Lipinski definition) is 6. The molecule has 2 aliphatic heterocycles. The minimum absolute atomic E-state index is 0. The average Bonchev–Trinajstić information content (AvgIpc) is 3.54. The Balaban J connectivity index is 0.00000267. The van der Waals surface area contributed by atoms with Crippen LogP contribution in [0.2, 0.25) is 0 Å². The van der Waals surface area contributed by atoms with Crippen LogP contribution in [-0.4, -0.2) is 59.2 Å². The van der Waals surface area contributed by atoms with Crippen LogP contribution in [0.4, 0.5) is 0 Å². The smallest absolute Gasteiger partial charge is 0.231 e. The largest absolute Gasteiger partial charge is 1.00 e. The number of halogens is 1. The normalized spacial score (nSPS) is 17.4. The highest BCUT2D eigenvalue weighted by Gasteiger charge is 2.46. The molecule has 0 radical (unpaired) electrons. The van der Waals surface area contributed by atoms with Crippen LogP contribution in [0.25, 0.3) is 0 Å². The summed E-state index contributed by atoms with van der Waals surface area (Å²) < 4.78 is 20.1. The number of tetrazole rings is 1. The Morgan fingerprint density at radius 1 is 1.00 bits per heavy atom. The Morgan fingerprint density at radius 2 is 1.67 bits per heavy atom. The molecular weight excluding hydrogens is 569 g/mol. The molecule has 0 saturated heterocycles. The summed E-state index contributed by atoms with van der Waals surface area (Å²) in [4.78, 5) is 0. The van der Waals surface area contributed by atoms with E-state index in [1.165, 1.54) is 5.56 Å². The van der Waals surface area contributed by atoms with Gasteiger partial charge in [0.25, 0.3) is 0 Å². The van der Waals surface area contributed by atoms with Crippen LogP contribution >= 0.6 is 0 Å². The zero-order chi connectivity index (χ0) is 24.0. The van der Waals surface area contributed by atoms with E-state index < -0.39 is 0 Å². The van der Waals surface area contributed by atoms with Crippen molar-refractivity contribution in [2.75, 3.05) is 34.5 Å². The third kappa shape index (κ3) is 4.00. The molecule has 3 heterocycles. The van der Waals surface area contributed by atoms with Gasteiger partial charge in [0.2, 0.25) is 18.4 Å². The van der Waals surface area contributed by atoms with Crippen molar-refractivity contribution in [2.24, 2.45) is 0 Å². The number of rotatable bonds is 5. The first-order valence-electron chi connectivity index (χ1n) is 11.8. The van der Waals surface area contributed by atoms with Gasteiger partial charge >= 0.3 is 0 Å². The maximum atomic E-state index is 5.95. The van der Waals surface area contributed by atoms with Gasteiger partial charge in [-0.1, -0.05) is 60.7 Å². The summed E-state index contributed by atoms with van der Waals surface area (Å²) in [7, 11) is 6.12. The van der Waals surface area contributed by atoms with Crippen LogP contribution < -0.4 is 38.2 Å². The molecule has 3 aromatic carbocycles. The van der Waals surface area contributed by atoms with Crippen molar-refractivity contribution in [2.45, 2.75) is 18.5 Å². The lowest BCUT2D eigenvalue weighted by Gasteiger charge is -2.42. The van der Waals surface area contributed by atoms with Crippen molar-refractivity contribution in [1.82, 2.24) is 20.2 Å². The number of aromatic nitrogens is 4. The molecule has 0 spiro atoms. The molecule has 2 aliphatic rings. The van der Waals surface area contributed by atoms with Crippen LogP contribution in [0.5, 0.6) is 17.2 Å². The summed E-state index contributed by atoms with van der Waals surface area (Å²) in [5, 5.41) is 13.4. The topological polar surface area (TPSA) is 71.3 Å². The first kappa shape index (κ1) is 24.5. The number of methoxy groups -OCH3 is 1. The van der Waals surface area contributed by atoms with Crippen LogP contribution in [0.15, 0.2) is 66.7 Å². The van der Waals surface area contributed by atoms with Crippen LogP contribution in [-0.2, 0) is 6.42 Å². The molecule has 9 heteroatoms. The van der Waals surface area contributed by atoms with Gasteiger partial charge in [0.15, 0.2) is 17.5 Å². The molecule has 1 unspecified atom stereocenters. The molecule has 0 saturated carbocycles. The van der Waals surface area contributed by atoms with Crippen molar-refractivity contribution in [3.63, 3.8) is 0 Å². The lowest BCUT2D eigenvalue weighted by molar-refractivity contribution is -0.918. The van der Waals surface area contributed by atoms with E-state index >= 15 is 0 Å². The molecule has 0 aliphatic carbocycles. The van der Waals surface area contributed by atoms with E-state index in [0.717, 1.165) is 41.2 Å². The Hall–Kier alpha value is -3.18.